The van der Waals surface area contributed by atoms with Crippen LogP contribution in [-0.4, -0.2) is 18.5 Å². The standard InChI is InChI=1S/C23H30F4N2S.C2H5N/c1-16(2)21-14-23(28)18(15-29-19-9-5-4-6-10-19)13-22(21)17-8-7-11-20(12-17)30(3,24,25,26)27;1-2-3/h7-8,11-16,19H,4-6,9-10,28H2,1-3H3;2H,1,3H2. The van der Waals surface area contributed by atoms with Crippen LogP contribution in [0.3, 0.4) is 0 Å². The van der Waals surface area contributed by atoms with E-state index in [9.17, 15) is 15.5 Å². The molecule has 0 amide bonds. The van der Waals surface area contributed by atoms with Crippen LogP contribution in [0.4, 0.5) is 21.2 Å². The van der Waals surface area contributed by atoms with Gasteiger partial charge in [0.15, 0.2) is 9.84 Å². The molecule has 3 rings (SSSR count). The maximum Gasteiger partial charge on any atom is 0.184 e. The second-order valence-corrected chi connectivity index (χ2v) is 12.5. The molecule has 0 radical (unpaired) electrons. The van der Waals surface area contributed by atoms with Crippen molar-refractivity contribution in [1.82, 2.24) is 0 Å². The highest BCUT2D eigenvalue weighted by molar-refractivity contribution is 8.49. The van der Waals surface area contributed by atoms with Gasteiger partial charge in [-0.3, -0.25) is 4.99 Å². The number of hydrogen-bond donors (Lipinski definition) is 2. The molecular formula is C25H35F4N3S. The number of nitrogen functional groups attached to an aromatic ring is 1. The number of nitrogens with zero attached hydrogens (tertiary/aromatic N) is 1. The van der Waals surface area contributed by atoms with E-state index in [4.69, 9.17) is 5.73 Å². The number of halogens is 4. The second-order valence-electron chi connectivity index (χ2n) is 9.04. The lowest BCUT2D eigenvalue weighted by Gasteiger charge is -2.46. The van der Waals surface area contributed by atoms with E-state index in [1.54, 1.807) is 24.4 Å². The zero-order valence-corrected chi connectivity index (χ0v) is 20.4. The van der Waals surface area contributed by atoms with Gasteiger partial charge in [0.05, 0.1) is 11.2 Å². The van der Waals surface area contributed by atoms with E-state index < -0.39 is 14.7 Å². The fraction of sp³-hybridized carbons (Fsp3) is 0.400. The molecule has 1 saturated carbocycles. The van der Waals surface area contributed by atoms with Crippen molar-refractivity contribution < 1.29 is 15.5 Å². The van der Waals surface area contributed by atoms with E-state index in [1.165, 1.54) is 18.7 Å². The highest BCUT2D eigenvalue weighted by atomic mass is 32.5. The van der Waals surface area contributed by atoms with Gasteiger partial charge in [0.25, 0.3) is 0 Å². The molecule has 1 aliphatic rings. The van der Waals surface area contributed by atoms with E-state index in [1.807, 2.05) is 13.8 Å². The van der Waals surface area contributed by atoms with Gasteiger partial charge in [0.2, 0.25) is 0 Å². The summed E-state index contributed by atoms with van der Waals surface area (Å²) in [6.45, 7) is 7.04. The quantitative estimate of drug-likeness (QED) is 0.254. The van der Waals surface area contributed by atoms with Crippen molar-refractivity contribution in [3.05, 3.63) is 60.3 Å². The van der Waals surface area contributed by atoms with Crippen molar-refractivity contribution in [2.24, 2.45) is 10.7 Å². The molecular weight excluding hydrogens is 450 g/mol. The van der Waals surface area contributed by atoms with Gasteiger partial charge in [-0.2, -0.15) is 0 Å². The third-order valence-electron chi connectivity index (χ3n) is 5.61. The Bertz CT molecular complexity index is 1010. The Morgan fingerprint density at radius 1 is 1.06 bits per heavy atom. The third-order valence-corrected chi connectivity index (χ3v) is 7.05. The summed E-state index contributed by atoms with van der Waals surface area (Å²) in [6, 6.07) is 8.36. The monoisotopic (exact) mass is 485 g/mol. The minimum Gasteiger partial charge on any atom is -0.405 e. The number of rotatable bonds is 5. The fourth-order valence-corrected chi connectivity index (χ4v) is 4.73. The number of benzene rings is 2. The fourth-order valence-electron chi connectivity index (χ4n) is 3.89. The number of nitrogens with two attached hydrogens (primary N) is 2. The molecule has 0 aromatic heterocycles. The van der Waals surface area contributed by atoms with E-state index >= 15 is 0 Å². The lowest BCUT2D eigenvalue weighted by molar-refractivity contribution is 0.444. The number of hydrogen-bond acceptors (Lipinski definition) is 3. The Kier molecular flexibility index (Phi) is 7.63. The van der Waals surface area contributed by atoms with Crippen LogP contribution in [0.1, 0.15) is 63.0 Å². The van der Waals surface area contributed by atoms with E-state index in [-0.39, 0.29) is 18.2 Å². The topological polar surface area (TPSA) is 64.4 Å². The average Bonchev–Trinajstić information content (AvgIpc) is 2.72. The van der Waals surface area contributed by atoms with Crippen LogP contribution in [0.5, 0.6) is 0 Å². The van der Waals surface area contributed by atoms with Gasteiger partial charge in [0, 0.05) is 23.5 Å². The molecule has 0 saturated heterocycles. The van der Waals surface area contributed by atoms with Gasteiger partial charge in [-0.05, 0) is 65.9 Å². The van der Waals surface area contributed by atoms with Crippen LogP contribution in [-0.2, 0) is 0 Å². The first kappa shape index (κ1) is 26.8. The van der Waals surface area contributed by atoms with Gasteiger partial charge in [0.1, 0.15) is 0 Å². The second kappa shape index (κ2) is 9.41. The molecule has 1 aliphatic carbocycles. The highest BCUT2D eigenvalue weighted by Crippen LogP contribution is 2.98. The molecule has 0 aliphatic heterocycles. The van der Waals surface area contributed by atoms with Crippen LogP contribution in [0.2, 0.25) is 0 Å². The Hall–Kier alpha value is -2.48. The molecule has 184 valence electrons. The summed E-state index contributed by atoms with van der Waals surface area (Å²) in [7, 11) is -8.27. The molecule has 2 aromatic rings. The van der Waals surface area contributed by atoms with Gasteiger partial charge >= 0.3 is 0 Å². The summed E-state index contributed by atoms with van der Waals surface area (Å²) in [6.07, 6.45) is 8.37. The van der Waals surface area contributed by atoms with Crippen molar-refractivity contribution >= 4 is 21.7 Å². The van der Waals surface area contributed by atoms with Crippen LogP contribution in [0, 0.1) is 0 Å². The molecule has 3 nitrogen and oxygen atoms in total. The van der Waals surface area contributed by atoms with Crippen LogP contribution in [0.25, 0.3) is 11.1 Å². The molecule has 0 atom stereocenters. The summed E-state index contributed by atoms with van der Waals surface area (Å²) in [5.74, 6) is 0.0338. The molecule has 0 bridgehead atoms. The zero-order chi connectivity index (χ0) is 24.9. The summed E-state index contributed by atoms with van der Waals surface area (Å²) in [5.41, 5.74) is 13.8. The Morgan fingerprint density at radius 2 is 1.67 bits per heavy atom. The van der Waals surface area contributed by atoms with Crippen LogP contribution >= 0.6 is 9.84 Å². The first-order valence-corrected chi connectivity index (χ1v) is 13.5. The minimum atomic E-state index is -8.27. The normalized spacial score (nSPS) is 17.2. The third kappa shape index (κ3) is 7.52. The lowest BCUT2D eigenvalue weighted by Crippen LogP contribution is -2.11. The zero-order valence-electron chi connectivity index (χ0n) is 19.5. The molecule has 0 unspecified atom stereocenters. The Labute approximate surface area is 194 Å². The first-order chi connectivity index (χ1) is 15.2. The van der Waals surface area contributed by atoms with Crippen LogP contribution in [0.15, 0.2) is 59.1 Å². The van der Waals surface area contributed by atoms with Crippen molar-refractivity contribution in [3.8, 4) is 11.1 Å². The molecule has 1 fully saturated rings. The summed E-state index contributed by atoms with van der Waals surface area (Å²) in [5, 5.41) is 0. The van der Waals surface area contributed by atoms with E-state index in [0.717, 1.165) is 43.4 Å². The maximum atomic E-state index is 14.0. The minimum absolute atomic E-state index is 0.0338. The summed E-state index contributed by atoms with van der Waals surface area (Å²) in [4.78, 5) is 3.44. The molecule has 33 heavy (non-hydrogen) atoms. The van der Waals surface area contributed by atoms with Gasteiger partial charge in [-0.25, -0.2) is 0 Å². The highest BCUT2D eigenvalue weighted by Gasteiger charge is 2.59. The predicted octanol–water partition coefficient (Wildman–Crippen LogP) is 8.30. The maximum absolute atomic E-state index is 14.0. The largest absolute Gasteiger partial charge is 0.405 e. The first-order valence-electron chi connectivity index (χ1n) is 11.1. The Morgan fingerprint density at radius 3 is 2.21 bits per heavy atom. The SMILES string of the molecule is C=CN.CC(C)c1cc(N)c(C=NC2CCCCC2)cc1-c1cccc(S(C)(F)(F)(F)F)c1. The summed E-state index contributed by atoms with van der Waals surface area (Å²) >= 11 is 0. The van der Waals surface area contributed by atoms with E-state index in [0.29, 0.717) is 22.4 Å². The van der Waals surface area contributed by atoms with E-state index in [2.05, 4.69) is 17.3 Å². The lowest BCUT2D eigenvalue weighted by atomic mass is 9.90. The van der Waals surface area contributed by atoms with Crippen molar-refractivity contribution in [2.45, 2.75) is 62.8 Å². The Balaban J connectivity index is 0.00000122. The molecule has 8 heteroatoms. The van der Waals surface area contributed by atoms with Crippen LogP contribution < -0.4 is 11.5 Å². The van der Waals surface area contributed by atoms with Gasteiger partial charge in [-0.1, -0.05) is 51.8 Å². The van der Waals surface area contributed by atoms with Crippen molar-refractivity contribution in [3.63, 3.8) is 0 Å². The number of aliphatic imine (C=N–C) groups is 1. The molecule has 0 spiro atoms. The predicted molar refractivity (Wildman–Crippen MR) is 135 cm³/mol. The van der Waals surface area contributed by atoms with Crippen molar-refractivity contribution in [2.75, 3.05) is 12.0 Å². The van der Waals surface area contributed by atoms with Gasteiger partial charge in [-0.15, -0.1) is 15.5 Å². The molecule has 4 N–H and O–H groups in total. The number of anilines is 1. The van der Waals surface area contributed by atoms with Gasteiger partial charge < -0.3 is 11.5 Å². The average molecular weight is 486 g/mol. The molecule has 2 aromatic carbocycles. The summed E-state index contributed by atoms with van der Waals surface area (Å²) < 4.78 is 56.0. The smallest absolute Gasteiger partial charge is 0.184 e. The van der Waals surface area contributed by atoms with Crippen molar-refractivity contribution in [1.29, 1.82) is 0 Å². The molecule has 0 heterocycles.